The molecule has 0 fully saturated rings. The lowest BCUT2D eigenvalue weighted by molar-refractivity contribution is -0.128. The highest BCUT2D eigenvalue weighted by molar-refractivity contribution is 5.89. The molecule has 0 bridgehead atoms. The summed E-state index contributed by atoms with van der Waals surface area (Å²) in [7, 11) is 0. The normalized spacial score (nSPS) is 16.9. The van der Waals surface area contributed by atoms with Crippen LogP contribution in [-0.4, -0.2) is 25.5 Å². The maximum Gasteiger partial charge on any atom is 0.336 e. The van der Waals surface area contributed by atoms with Crippen molar-refractivity contribution in [1.82, 2.24) is 0 Å². The maximum atomic E-state index is 12.2. The summed E-state index contributed by atoms with van der Waals surface area (Å²) in [6, 6.07) is 8.88. The predicted molar refractivity (Wildman–Crippen MR) is 98.6 cm³/mol. The number of carbonyl (C=O) groups excluding carboxylic acids is 1. The Morgan fingerprint density at radius 1 is 1.19 bits per heavy atom. The Hall–Kier alpha value is -3.15. The second-order valence-electron chi connectivity index (χ2n) is 6.33. The summed E-state index contributed by atoms with van der Waals surface area (Å²) in [6.07, 6.45) is 4.04. The van der Waals surface area contributed by atoms with E-state index in [9.17, 15) is 4.79 Å². The highest BCUT2D eigenvalue weighted by Crippen LogP contribution is 2.36. The van der Waals surface area contributed by atoms with Crippen molar-refractivity contribution < 1.29 is 28.5 Å². The van der Waals surface area contributed by atoms with Crippen molar-refractivity contribution in [3.05, 3.63) is 47.5 Å². The minimum absolute atomic E-state index is 0.143. The first-order valence-corrected chi connectivity index (χ1v) is 8.88. The molecule has 2 heterocycles. The van der Waals surface area contributed by atoms with Crippen LogP contribution in [0.3, 0.4) is 0 Å². The molecule has 6 heteroatoms. The van der Waals surface area contributed by atoms with Crippen molar-refractivity contribution in [3.8, 4) is 28.7 Å². The molecule has 2 aromatic carbocycles. The van der Waals surface area contributed by atoms with Crippen molar-refractivity contribution in [2.45, 2.75) is 26.4 Å². The molecule has 0 spiro atoms. The van der Waals surface area contributed by atoms with Crippen LogP contribution in [0.1, 0.15) is 25.0 Å². The minimum Gasteiger partial charge on any atom is -0.493 e. The van der Waals surface area contributed by atoms with E-state index in [1.165, 1.54) is 6.08 Å². The molecule has 4 rings (SSSR count). The Morgan fingerprint density at radius 3 is 2.89 bits per heavy atom. The van der Waals surface area contributed by atoms with Crippen molar-refractivity contribution in [3.63, 3.8) is 0 Å². The molecule has 27 heavy (non-hydrogen) atoms. The summed E-state index contributed by atoms with van der Waals surface area (Å²) in [4.78, 5) is 12.2. The molecular weight excluding hydrogens is 348 g/mol. The zero-order valence-electron chi connectivity index (χ0n) is 15.2. The number of hydrogen-bond donors (Lipinski definition) is 0. The summed E-state index contributed by atoms with van der Waals surface area (Å²) in [5, 5.41) is 0. The topological polar surface area (TPSA) is 63.2 Å². The first kappa shape index (κ1) is 17.3. The van der Waals surface area contributed by atoms with Gasteiger partial charge >= 0.3 is 5.97 Å². The molecule has 0 aliphatic carbocycles. The smallest absolute Gasteiger partial charge is 0.336 e. The minimum atomic E-state index is -0.494. The van der Waals surface area contributed by atoms with Crippen LogP contribution >= 0.6 is 0 Å². The quantitative estimate of drug-likeness (QED) is 0.455. The van der Waals surface area contributed by atoms with Crippen LogP contribution in [0.25, 0.3) is 6.08 Å². The lowest BCUT2D eigenvalue weighted by Crippen LogP contribution is -2.05. The van der Waals surface area contributed by atoms with Crippen LogP contribution in [0.5, 0.6) is 28.7 Å². The van der Waals surface area contributed by atoms with Gasteiger partial charge in [0.05, 0.1) is 6.61 Å². The Kier molecular flexibility index (Phi) is 4.62. The Bertz CT molecular complexity index is 902. The lowest BCUT2D eigenvalue weighted by Gasteiger charge is -2.10. The highest BCUT2D eigenvalue weighted by atomic mass is 16.7. The molecule has 6 nitrogen and oxygen atoms in total. The van der Waals surface area contributed by atoms with E-state index in [1.807, 2.05) is 26.0 Å². The van der Waals surface area contributed by atoms with E-state index in [2.05, 4.69) is 0 Å². The van der Waals surface area contributed by atoms with Gasteiger partial charge in [0, 0.05) is 29.7 Å². The average molecular weight is 368 g/mol. The van der Waals surface area contributed by atoms with Gasteiger partial charge in [-0.2, -0.15) is 0 Å². The third kappa shape index (κ3) is 3.69. The second-order valence-corrected chi connectivity index (χ2v) is 6.33. The molecule has 0 saturated heterocycles. The first-order valence-electron chi connectivity index (χ1n) is 8.88. The lowest BCUT2D eigenvalue weighted by atomic mass is 10.1. The SMILES string of the molecule is CCOc1cc2c(cc1/C=C/C(=O)Oc1ccc3c(c1)OCO3)O[C@@H](C)C2. The molecule has 0 aromatic heterocycles. The number of fused-ring (bicyclic) bond motifs is 2. The number of ether oxygens (including phenoxy) is 5. The molecule has 1 atom stereocenters. The number of rotatable bonds is 5. The number of hydrogen-bond acceptors (Lipinski definition) is 6. The second kappa shape index (κ2) is 7.23. The summed E-state index contributed by atoms with van der Waals surface area (Å²) in [6.45, 7) is 4.66. The van der Waals surface area contributed by atoms with Gasteiger partial charge in [-0.25, -0.2) is 4.79 Å². The van der Waals surface area contributed by atoms with E-state index in [1.54, 1.807) is 24.3 Å². The molecule has 0 amide bonds. The Morgan fingerprint density at radius 2 is 2.04 bits per heavy atom. The molecule has 140 valence electrons. The molecule has 0 unspecified atom stereocenters. The third-order valence-corrected chi connectivity index (χ3v) is 4.29. The standard InChI is InChI=1S/C21H20O6/c1-3-23-18-10-15-8-13(2)26-19(15)9-14(18)4-7-21(22)27-16-5-6-17-20(11-16)25-12-24-17/h4-7,9-11,13H,3,8,12H2,1-2H3/b7-4+/t13-/m0/s1. The van der Waals surface area contributed by atoms with E-state index in [0.717, 1.165) is 29.0 Å². The summed E-state index contributed by atoms with van der Waals surface area (Å²) in [5.74, 6) is 2.65. The van der Waals surface area contributed by atoms with E-state index in [4.69, 9.17) is 23.7 Å². The Balaban J connectivity index is 1.50. The van der Waals surface area contributed by atoms with Crippen LogP contribution in [-0.2, 0) is 11.2 Å². The fourth-order valence-electron chi connectivity index (χ4n) is 3.11. The summed E-state index contributed by atoms with van der Waals surface area (Å²) < 4.78 is 27.4. The van der Waals surface area contributed by atoms with Gasteiger partial charge in [-0.05, 0) is 44.2 Å². The van der Waals surface area contributed by atoms with Crippen LogP contribution in [0.4, 0.5) is 0 Å². The molecule has 0 saturated carbocycles. The van der Waals surface area contributed by atoms with Gasteiger partial charge in [-0.15, -0.1) is 0 Å². The van der Waals surface area contributed by atoms with Crippen molar-refractivity contribution in [2.75, 3.05) is 13.4 Å². The van der Waals surface area contributed by atoms with Gasteiger partial charge in [-0.3, -0.25) is 0 Å². The van der Waals surface area contributed by atoms with Crippen LogP contribution in [0.2, 0.25) is 0 Å². The van der Waals surface area contributed by atoms with Gasteiger partial charge in [0.15, 0.2) is 11.5 Å². The molecular formula is C21H20O6. The van der Waals surface area contributed by atoms with Crippen molar-refractivity contribution in [1.29, 1.82) is 0 Å². The van der Waals surface area contributed by atoms with E-state index in [0.29, 0.717) is 23.9 Å². The first-order chi connectivity index (χ1) is 13.1. The fourth-order valence-corrected chi connectivity index (χ4v) is 3.11. The third-order valence-electron chi connectivity index (χ3n) is 4.29. The van der Waals surface area contributed by atoms with Crippen LogP contribution < -0.4 is 23.7 Å². The number of benzene rings is 2. The van der Waals surface area contributed by atoms with Crippen molar-refractivity contribution >= 4 is 12.0 Å². The van der Waals surface area contributed by atoms with E-state index < -0.39 is 5.97 Å². The van der Waals surface area contributed by atoms with Gasteiger partial charge in [-0.1, -0.05) is 0 Å². The van der Waals surface area contributed by atoms with E-state index >= 15 is 0 Å². The highest BCUT2D eigenvalue weighted by Gasteiger charge is 2.21. The monoisotopic (exact) mass is 368 g/mol. The molecule has 2 aliphatic heterocycles. The molecule has 2 aromatic rings. The average Bonchev–Trinajstić information content (AvgIpc) is 3.24. The van der Waals surface area contributed by atoms with Gasteiger partial charge in [0.2, 0.25) is 6.79 Å². The zero-order chi connectivity index (χ0) is 18.8. The van der Waals surface area contributed by atoms with Crippen LogP contribution in [0, 0.1) is 0 Å². The largest absolute Gasteiger partial charge is 0.493 e. The van der Waals surface area contributed by atoms with E-state index in [-0.39, 0.29) is 12.9 Å². The molecule has 0 N–H and O–H groups in total. The maximum absolute atomic E-state index is 12.2. The van der Waals surface area contributed by atoms with Gasteiger partial charge in [0.1, 0.15) is 23.4 Å². The van der Waals surface area contributed by atoms with Gasteiger partial charge < -0.3 is 23.7 Å². The number of carbonyl (C=O) groups is 1. The number of esters is 1. The molecule has 2 aliphatic rings. The summed E-state index contributed by atoms with van der Waals surface area (Å²) >= 11 is 0. The summed E-state index contributed by atoms with van der Waals surface area (Å²) in [5.41, 5.74) is 1.89. The van der Waals surface area contributed by atoms with Crippen LogP contribution in [0.15, 0.2) is 36.4 Å². The van der Waals surface area contributed by atoms with Gasteiger partial charge in [0.25, 0.3) is 0 Å². The zero-order valence-corrected chi connectivity index (χ0v) is 15.2. The molecule has 0 radical (unpaired) electrons. The fraction of sp³-hybridized carbons (Fsp3) is 0.286. The van der Waals surface area contributed by atoms with Crippen molar-refractivity contribution in [2.24, 2.45) is 0 Å². The predicted octanol–water partition coefficient (Wildman–Crippen LogP) is 3.76. The Labute approximate surface area is 157 Å².